The number of rotatable bonds is 6. The molecular formula is C10H19ClO. The Hall–Kier alpha value is -0.0100. The zero-order valence-corrected chi connectivity index (χ0v) is 9.03. The zero-order chi connectivity index (χ0) is 9.61. The van der Waals surface area contributed by atoms with Gasteiger partial charge in [0.25, 0.3) is 0 Å². The van der Waals surface area contributed by atoms with E-state index in [0.29, 0.717) is 25.0 Å². The Kier molecular flexibility index (Phi) is 5.60. The molecular weight excluding hydrogens is 172 g/mol. The van der Waals surface area contributed by atoms with Crippen LogP contribution in [0.15, 0.2) is 12.7 Å². The normalized spacial score (nSPS) is 16.1. The van der Waals surface area contributed by atoms with Gasteiger partial charge < -0.3 is 4.74 Å². The summed E-state index contributed by atoms with van der Waals surface area (Å²) in [5.41, 5.74) is 0.0879. The molecule has 0 fully saturated rings. The number of halogens is 1. The molecule has 72 valence electrons. The standard InChI is InChI=1S/C10H19ClO/c1-5-6-12-8-10(4,7-11)9(2)3/h5,9H,1,6-8H2,2-4H3. The number of hydrogen-bond donors (Lipinski definition) is 0. The maximum absolute atomic E-state index is 5.88. The molecule has 12 heavy (non-hydrogen) atoms. The third-order valence-corrected chi connectivity index (χ3v) is 2.98. The molecule has 0 aromatic rings. The smallest absolute Gasteiger partial charge is 0.0645 e. The molecule has 0 N–H and O–H groups in total. The van der Waals surface area contributed by atoms with Gasteiger partial charge in [-0.05, 0) is 5.92 Å². The van der Waals surface area contributed by atoms with E-state index in [1.807, 2.05) is 0 Å². The van der Waals surface area contributed by atoms with Crippen molar-refractivity contribution < 1.29 is 4.74 Å². The summed E-state index contributed by atoms with van der Waals surface area (Å²) in [4.78, 5) is 0. The lowest BCUT2D eigenvalue weighted by Crippen LogP contribution is -2.31. The monoisotopic (exact) mass is 190 g/mol. The largest absolute Gasteiger partial charge is 0.377 e. The number of hydrogen-bond acceptors (Lipinski definition) is 1. The number of alkyl halides is 1. The Morgan fingerprint density at radius 3 is 2.50 bits per heavy atom. The molecule has 0 aliphatic carbocycles. The van der Waals surface area contributed by atoms with Crippen LogP contribution in [0.1, 0.15) is 20.8 Å². The molecule has 0 bridgehead atoms. The summed E-state index contributed by atoms with van der Waals surface area (Å²) in [6.07, 6.45) is 1.76. The van der Waals surface area contributed by atoms with Crippen molar-refractivity contribution in [3.05, 3.63) is 12.7 Å². The highest BCUT2D eigenvalue weighted by Crippen LogP contribution is 2.28. The van der Waals surface area contributed by atoms with Gasteiger partial charge in [0.05, 0.1) is 13.2 Å². The first-order valence-electron chi connectivity index (χ1n) is 4.31. The predicted octanol–water partition coefficient (Wildman–Crippen LogP) is 3.09. The predicted molar refractivity (Wildman–Crippen MR) is 54.7 cm³/mol. The molecule has 1 unspecified atom stereocenters. The van der Waals surface area contributed by atoms with E-state index in [1.54, 1.807) is 6.08 Å². The van der Waals surface area contributed by atoms with E-state index in [2.05, 4.69) is 27.4 Å². The van der Waals surface area contributed by atoms with Gasteiger partial charge in [0.2, 0.25) is 0 Å². The summed E-state index contributed by atoms with van der Waals surface area (Å²) < 4.78 is 5.40. The van der Waals surface area contributed by atoms with Crippen molar-refractivity contribution in [2.75, 3.05) is 19.1 Å². The molecule has 0 heterocycles. The fourth-order valence-electron chi connectivity index (χ4n) is 0.735. The van der Waals surface area contributed by atoms with Crippen molar-refractivity contribution in [3.63, 3.8) is 0 Å². The molecule has 1 nitrogen and oxygen atoms in total. The average molecular weight is 191 g/mol. The molecule has 0 aromatic heterocycles. The highest BCUT2D eigenvalue weighted by Gasteiger charge is 2.27. The summed E-state index contributed by atoms with van der Waals surface area (Å²) in [6, 6.07) is 0. The van der Waals surface area contributed by atoms with Crippen LogP contribution in [-0.2, 0) is 4.74 Å². The average Bonchev–Trinajstić information content (AvgIpc) is 2.04. The van der Waals surface area contributed by atoms with Crippen LogP contribution in [0.4, 0.5) is 0 Å². The van der Waals surface area contributed by atoms with Crippen molar-refractivity contribution in [2.45, 2.75) is 20.8 Å². The topological polar surface area (TPSA) is 9.23 Å². The van der Waals surface area contributed by atoms with Crippen molar-refractivity contribution in [2.24, 2.45) is 11.3 Å². The summed E-state index contributed by atoms with van der Waals surface area (Å²) in [5.74, 6) is 1.18. The fourth-order valence-corrected chi connectivity index (χ4v) is 1.12. The van der Waals surface area contributed by atoms with E-state index in [9.17, 15) is 0 Å². The van der Waals surface area contributed by atoms with Crippen LogP contribution >= 0.6 is 11.6 Å². The highest BCUT2D eigenvalue weighted by atomic mass is 35.5. The van der Waals surface area contributed by atoms with Crippen molar-refractivity contribution >= 4 is 11.6 Å². The van der Waals surface area contributed by atoms with E-state index in [1.165, 1.54) is 0 Å². The van der Waals surface area contributed by atoms with Crippen LogP contribution in [0.5, 0.6) is 0 Å². The maximum atomic E-state index is 5.88. The van der Waals surface area contributed by atoms with Gasteiger partial charge >= 0.3 is 0 Å². The van der Waals surface area contributed by atoms with Gasteiger partial charge in [-0.25, -0.2) is 0 Å². The maximum Gasteiger partial charge on any atom is 0.0645 e. The third-order valence-electron chi connectivity index (χ3n) is 2.37. The minimum absolute atomic E-state index is 0.0879. The second-order valence-electron chi connectivity index (χ2n) is 3.75. The second-order valence-corrected chi connectivity index (χ2v) is 4.01. The molecule has 0 amide bonds. The van der Waals surface area contributed by atoms with Crippen molar-refractivity contribution in [1.82, 2.24) is 0 Å². The number of ether oxygens (including phenoxy) is 1. The van der Waals surface area contributed by atoms with Gasteiger partial charge in [-0.2, -0.15) is 0 Å². The van der Waals surface area contributed by atoms with Gasteiger partial charge in [0, 0.05) is 11.3 Å². The Morgan fingerprint density at radius 1 is 1.58 bits per heavy atom. The van der Waals surface area contributed by atoms with Crippen LogP contribution in [0.25, 0.3) is 0 Å². The Balaban J connectivity index is 3.87. The van der Waals surface area contributed by atoms with Gasteiger partial charge in [0.15, 0.2) is 0 Å². The van der Waals surface area contributed by atoms with Crippen LogP contribution in [0.3, 0.4) is 0 Å². The van der Waals surface area contributed by atoms with E-state index < -0.39 is 0 Å². The first kappa shape index (κ1) is 12.0. The van der Waals surface area contributed by atoms with Crippen LogP contribution < -0.4 is 0 Å². The summed E-state index contributed by atoms with van der Waals surface area (Å²) in [5, 5.41) is 0. The van der Waals surface area contributed by atoms with E-state index >= 15 is 0 Å². The molecule has 0 saturated carbocycles. The summed E-state index contributed by atoms with van der Waals surface area (Å²) in [7, 11) is 0. The lowest BCUT2D eigenvalue weighted by molar-refractivity contribution is 0.0550. The van der Waals surface area contributed by atoms with Gasteiger partial charge in [-0.1, -0.05) is 26.8 Å². The molecule has 0 saturated heterocycles. The lowest BCUT2D eigenvalue weighted by atomic mass is 9.82. The molecule has 0 rings (SSSR count). The highest BCUT2D eigenvalue weighted by molar-refractivity contribution is 6.18. The Labute approximate surface area is 80.8 Å². The van der Waals surface area contributed by atoms with E-state index in [-0.39, 0.29) is 5.41 Å². The first-order valence-corrected chi connectivity index (χ1v) is 4.85. The van der Waals surface area contributed by atoms with Crippen LogP contribution in [0, 0.1) is 11.3 Å². The zero-order valence-electron chi connectivity index (χ0n) is 8.27. The fraction of sp³-hybridized carbons (Fsp3) is 0.800. The van der Waals surface area contributed by atoms with Crippen LogP contribution in [-0.4, -0.2) is 19.1 Å². The van der Waals surface area contributed by atoms with Crippen LogP contribution in [0.2, 0.25) is 0 Å². The summed E-state index contributed by atoms with van der Waals surface area (Å²) in [6.45, 7) is 11.4. The second kappa shape index (κ2) is 5.60. The molecule has 0 aliphatic rings. The minimum Gasteiger partial charge on any atom is -0.377 e. The Morgan fingerprint density at radius 2 is 2.17 bits per heavy atom. The summed E-state index contributed by atoms with van der Waals surface area (Å²) >= 11 is 5.88. The molecule has 0 radical (unpaired) electrons. The Bertz CT molecular complexity index is 134. The molecule has 1 atom stereocenters. The third kappa shape index (κ3) is 3.59. The van der Waals surface area contributed by atoms with E-state index in [4.69, 9.17) is 16.3 Å². The lowest BCUT2D eigenvalue weighted by Gasteiger charge is -2.30. The molecule has 2 heteroatoms. The first-order chi connectivity index (χ1) is 5.56. The molecule has 0 aromatic carbocycles. The molecule has 0 spiro atoms. The minimum atomic E-state index is 0.0879. The van der Waals surface area contributed by atoms with Crippen molar-refractivity contribution in [3.8, 4) is 0 Å². The molecule has 0 aliphatic heterocycles. The van der Waals surface area contributed by atoms with Gasteiger partial charge in [-0.15, -0.1) is 18.2 Å². The van der Waals surface area contributed by atoms with E-state index in [0.717, 1.165) is 0 Å². The van der Waals surface area contributed by atoms with Gasteiger partial charge in [-0.3, -0.25) is 0 Å². The van der Waals surface area contributed by atoms with Gasteiger partial charge in [0.1, 0.15) is 0 Å². The SMILES string of the molecule is C=CCOCC(C)(CCl)C(C)C. The van der Waals surface area contributed by atoms with Crippen molar-refractivity contribution in [1.29, 1.82) is 0 Å². The quantitative estimate of drug-likeness (QED) is 0.355.